The van der Waals surface area contributed by atoms with Crippen LogP contribution in [-0.4, -0.2) is 19.1 Å². The maximum atomic E-state index is 13.0. The third-order valence-electron chi connectivity index (χ3n) is 1.82. The molecule has 0 unspecified atom stereocenters. The van der Waals surface area contributed by atoms with Crippen molar-refractivity contribution in [1.29, 1.82) is 0 Å². The first-order valence-electron chi connectivity index (χ1n) is 4.68. The normalized spacial score (nSPS) is 9.94. The van der Waals surface area contributed by atoms with E-state index in [1.165, 1.54) is 0 Å². The number of anilines is 2. The van der Waals surface area contributed by atoms with Crippen LogP contribution in [0.1, 0.15) is 6.92 Å². The van der Waals surface area contributed by atoms with Crippen LogP contribution in [0.2, 0.25) is 0 Å². The van der Waals surface area contributed by atoms with Crippen molar-refractivity contribution >= 4 is 17.3 Å². The van der Waals surface area contributed by atoms with E-state index < -0.39 is 17.6 Å². The summed E-state index contributed by atoms with van der Waals surface area (Å²) in [5, 5.41) is 2.50. The highest BCUT2D eigenvalue weighted by molar-refractivity contribution is 5.77. The number of halogens is 2. The average Bonchev–Trinajstić information content (AvgIpc) is 2.21. The lowest BCUT2D eigenvalue weighted by atomic mass is 10.2. The van der Waals surface area contributed by atoms with Crippen LogP contribution in [-0.2, 0) is 9.53 Å². The van der Waals surface area contributed by atoms with E-state index in [9.17, 15) is 13.6 Å². The summed E-state index contributed by atoms with van der Waals surface area (Å²) in [5.41, 5.74) is 5.16. The van der Waals surface area contributed by atoms with Gasteiger partial charge in [0.1, 0.15) is 12.4 Å². The SMILES string of the molecule is CCOC(=O)CNc1cc(F)cc(F)c1N. The molecular formula is C10H12F2N2O2. The molecule has 0 aliphatic carbocycles. The van der Waals surface area contributed by atoms with Crippen LogP contribution in [0.25, 0.3) is 0 Å². The third-order valence-corrected chi connectivity index (χ3v) is 1.82. The molecule has 1 rings (SSSR count). The minimum absolute atomic E-state index is 0.0329. The molecule has 1 aromatic carbocycles. The van der Waals surface area contributed by atoms with E-state index in [2.05, 4.69) is 10.1 Å². The van der Waals surface area contributed by atoms with E-state index in [1.54, 1.807) is 6.92 Å². The van der Waals surface area contributed by atoms with Crippen LogP contribution in [0.15, 0.2) is 12.1 Å². The molecule has 0 spiro atoms. The van der Waals surface area contributed by atoms with Gasteiger partial charge in [-0.05, 0) is 13.0 Å². The van der Waals surface area contributed by atoms with Gasteiger partial charge in [0.05, 0.1) is 18.0 Å². The first-order chi connectivity index (χ1) is 7.54. The number of ether oxygens (including phenoxy) is 1. The van der Waals surface area contributed by atoms with Gasteiger partial charge < -0.3 is 15.8 Å². The van der Waals surface area contributed by atoms with Crippen LogP contribution in [0.3, 0.4) is 0 Å². The van der Waals surface area contributed by atoms with Crippen molar-refractivity contribution in [2.45, 2.75) is 6.92 Å². The largest absolute Gasteiger partial charge is 0.465 e. The second-order valence-corrected chi connectivity index (χ2v) is 3.01. The number of nitrogens with one attached hydrogen (secondary N) is 1. The van der Waals surface area contributed by atoms with Crippen LogP contribution >= 0.6 is 0 Å². The summed E-state index contributed by atoms with van der Waals surface area (Å²) >= 11 is 0. The molecule has 0 aromatic heterocycles. The van der Waals surface area contributed by atoms with Gasteiger partial charge in [0.25, 0.3) is 0 Å². The summed E-state index contributed by atoms with van der Waals surface area (Å²) in [6, 6.07) is 1.68. The van der Waals surface area contributed by atoms with Gasteiger partial charge in [0.2, 0.25) is 0 Å². The summed E-state index contributed by atoms with van der Waals surface area (Å²) in [5.74, 6) is -2.16. The monoisotopic (exact) mass is 230 g/mol. The van der Waals surface area contributed by atoms with Crippen molar-refractivity contribution < 1.29 is 18.3 Å². The predicted molar refractivity (Wildman–Crippen MR) is 55.9 cm³/mol. The summed E-state index contributed by atoms with van der Waals surface area (Å²) in [7, 11) is 0. The highest BCUT2D eigenvalue weighted by Gasteiger charge is 2.09. The van der Waals surface area contributed by atoms with E-state index in [-0.39, 0.29) is 24.5 Å². The topological polar surface area (TPSA) is 64.3 Å². The number of carbonyl (C=O) groups is 1. The second kappa shape index (κ2) is 5.29. The van der Waals surface area contributed by atoms with Gasteiger partial charge >= 0.3 is 5.97 Å². The number of benzene rings is 1. The zero-order valence-electron chi connectivity index (χ0n) is 8.72. The van der Waals surface area contributed by atoms with Gasteiger partial charge in [-0.25, -0.2) is 8.78 Å². The molecule has 0 amide bonds. The Bertz CT molecular complexity index is 397. The molecule has 88 valence electrons. The fraction of sp³-hybridized carbons (Fsp3) is 0.300. The Kier molecular flexibility index (Phi) is 4.04. The number of carbonyl (C=O) groups excluding carboxylic acids is 1. The molecule has 0 aliphatic heterocycles. The molecule has 0 atom stereocenters. The molecule has 0 bridgehead atoms. The zero-order valence-corrected chi connectivity index (χ0v) is 8.72. The first kappa shape index (κ1) is 12.2. The highest BCUT2D eigenvalue weighted by atomic mass is 19.1. The van der Waals surface area contributed by atoms with Crippen molar-refractivity contribution in [3.05, 3.63) is 23.8 Å². The number of nitrogen functional groups attached to an aromatic ring is 1. The molecule has 1 aromatic rings. The van der Waals surface area contributed by atoms with E-state index in [4.69, 9.17) is 5.73 Å². The van der Waals surface area contributed by atoms with Crippen LogP contribution in [0, 0.1) is 11.6 Å². The lowest BCUT2D eigenvalue weighted by Gasteiger charge is -2.09. The van der Waals surface area contributed by atoms with Gasteiger partial charge in [0, 0.05) is 6.07 Å². The van der Waals surface area contributed by atoms with Crippen LogP contribution in [0.5, 0.6) is 0 Å². The van der Waals surface area contributed by atoms with E-state index in [0.717, 1.165) is 6.07 Å². The standard InChI is InChI=1S/C10H12F2N2O2/c1-2-16-9(15)5-14-8-4-6(11)3-7(12)10(8)13/h3-4,14H,2,5,13H2,1H3. The number of hydrogen-bond donors (Lipinski definition) is 2. The number of hydrogen-bond acceptors (Lipinski definition) is 4. The van der Waals surface area contributed by atoms with Crippen molar-refractivity contribution in [3.63, 3.8) is 0 Å². The van der Waals surface area contributed by atoms with Crippen molar-refractivity contribution in [2.75, 3.05) is 24.2 Å². The minimum Gasteiger partial charge on any atom is -0.465 e. The molecule has 0 heterocycles. The fourth-order valence-electron chi connectivity index (χ4n) is 1.11. The molecule has 0 aliphatic rings. The number of rotatable bonds is 4. The van der Waals surface area contributed by atoms with E-state index >= 15 is 0 Å². The predicted octanol–water partition coefficient (Wildman–Crippen LogP) is 1.52. The molecule has 0 radical (unpaired) electrons. The summed E-state index contributed by atoms with van der Waals surface area (Å²) in [6.45, 7) is 1.71. The first-order valence-corrected chi connectivity index (χ1v) is 4.68. The molecule has 3 N–H and O–H groups in total. The summed E-state index contributed by atoms with van der Waals surface area (Å²) < 4.78 is 30.5. The summed E-state index contributed by atoms with van der Waals surface area (Å²) in [6.07, 6.45) is 0. The Hall–Kier alpha value is -1.85. The van der Waals surface area contributed by atoms with Crippen LogP contribution in [0.4, 0.5) is 20.2 Å². The lowest BCUT2D eigenvalue weighted by molar-refractivity contribution is -0.140. The Balaban J connectivity index is 2.70. The second-order valence-electron chi connectivity index (χ2n) is 3.01. The van der Waals surface area contributed by atoms with Crippen molar-refractivity contribution in [1.82, 2.24) is 0 Å². The number of esters is 1. The Morgan fingerprint density at radius 1 is 1.50 bits per heavy atom. The smallest absolute Gasteiger partial charge is 0.325 e. The van der Waals surface area contributed by atoms with Gasteiger partial charge in [-0.2, -0.15) is 0 Å². The van der Waals surface area contributed by atoms with Crippen molar-refractivity contribution in [2.24, 2.45) is 0 Å². The molecule has 0 saturated carbocycles. The molecule has 0 saturated heterocycles. The van der Waals surface area contributed by atoms with Crippen LogP contribution < -0.4 is 11.1 Å². The molecule has 0 fully saturated rings. The average molecular weight is 230 g/mol. The summed E-state index contributed by atoms with van der Waals surface area (Å²) in [4.78, 5) is 11.0. The molecule has 6 heteroatoms. The van der Waals surface area contributed by atoms with E-state index in [0.29, 0.717) is 6.07 Å². The van der Waals surface area contributed by atoms with Gasteiger partial charge in [-0.15, -0.1) is 0 Å². The van der Waals surface area contributed by atoms with Crippen molar-refractivity contribution in [3.8, 4) is 0 Å². The zero-order chi connectivity index (χ0) is 12.1. The maximum Gasteiger partial charge on any atom is 0.325 e. The van der Waals surface area contributed by atoms with Gasteiger partial charge in [-0.3, -0.25) is 4.79 Å². The third kappa shape index (κ3) is 3.08. The Morgan fingerprint density at radius 3 is 2.81 bits per heavy atom. The maximum absolute atomic E-state index is 13.0. The Labute approximate surface area is 91.4 Å². The van der Waals surface area contributed by atoms with E-state index in [1.807, 2.05) is 0 Å². The molecule has 4 nitrogen and oxygen atoms in total. The lowest BCUT2D eigenvalue weighted by Crippen LogP contribution is -2.17. The molecular weight excluding hydrogens is 218 g/mol. The van der Waals surface area contributed by atoms with Gasteiger partial charge in [-0.1, -0.05) is 0 Å². The number of nitrogens with two attached hydrogens (primary N) is 1. The minimum atomic E-state index is -0.869. The quantitative estimate of drug-likeness (QED) is 0.608. The highest BCUT2D eigenvalue weighted by Crippen LogP contribution is 2.22. The fourth-order valence-corrected chi connectivity index (χ4v) is 1.11. The molecule has 16 heavy (non-hydrogen) atoms. The van der Waals surface area contributed by atoms with Gasteiger partial charge in [0.15, 0.2) is 5.82 Å². The Morgan fingerprint density at radius 2 is 2.19 bits per heavy atom.